The highest BCUT2D eigenvalue weighted by atomic mass is 32.2. The third kappa shape index (κ3) is 4.60. The molecule has 3 aromatic carbocycles. The lowest BCUT2D eigenvalue weighted by atomic mass is 9.99. The van der Waals surface area contributed by atoms with E-state index in [0.717, 1.165) is 17.5 Å². The molecule has 0 saturated carbocycles. The highest BCUT2D eigenvalue weighted by Gasteiger charge is 2.21. The molecule has 0 aliphatic carbocycles. The van der Waals surface area contributed by atoms with E-state index >= 15 is 0 Å². The van der Waals surface area contributed by atoms with Crippen LogP contribution in [0.3, 0.4) is 0 Å². The number of nitrogens with one attached hydrogen (secondary N) is 1. The van der Waals surface area contributed by atoms with Gasteiger partial charge in [-0.05, 0) is 72.9 Å². The highest BCUT2D eigenvalue weighted by molar-refractivity contribution is 7.92. The molecular weight excluding hydrogens is 420 g/mol. The summed E-state index contributed by atoms with van der Waals surface area (Å²) in [6.07, 6.45) is 2.88. The second-order valence-electron chi connectivity index (χ2n) is 7.97. The first-order chi connectivity index (χ1) is 15.3. The Morgan fingerprint density at radius 1 is 0.906 bits per heavy atom. The topological polar surface area (TPSA) is 66.5 Å². The van der Waals surface area contributed by atoms with Crippen LogP contribution < -0.4 is 4.72 Å². The van der Waals surface area contributed by atoms with Crippen LogP contribution in [-0.4, -0.2) is 32.3 Å². The second kappa shape index (κ2) is 9.01. The van der Waals surface area contributed by atoms with Crippen LogP contribution in [0.25, 0.3) is 5.57 Å². The van der Waals surface area contributed by atoms with Crippen molar-refractivity contribution in [2.24, 2.45) is 0 Å². The summed E-state index contributed by atoms with van der Waals surface area (Å²) in [6.45, 7) is 4.99. The molecule has 1 heterocycles. The van der Waals surface area contributed by atoms with E-state index in [0.29, 0.717) is 24.3 Å². The fraction of sp³-hybridized carbons (Fsp3) is 0.192. The van der Waals surface area contributed by atoms with Gasteiger partial charge in [0, 0.05) is 18.7 Å². The molecule has 4 rings (SSSR count). The van der Waals surface area contributed by atoms with Gasteiger partial charge in [-0.25, -0.2) is 8.42 Å². The van der Waals surface area contributed by atoms with E-state index in [9.17, 15) is 13.2 Å². The molecule has 164 valence electrons. The van der Waals surface area contributed by atoms with Gasteiger partial charge in [0.15, 0.2) is 0 Å². The molecule has 1 N–H and O–H groups in total. The zero-order valence-corrected chi connectivity index (χ0v) is 19.0. The number of hydrogen-bond acceptors (Lipinski definition) is 3. The first-order valence-corrected chi connectivity index (χ1v) is 12.1. The maximum Gasteiger partial charge on any atom is 0.261 e. The van der Waals surface area contributed by atoms with E-state index < -0.39 is 10.0 Å². The molecule has 0 unspecified atom stereocenters. The Bertz CT molecular complexity index is 1260. The van der Waals surface area contributed by atoms with Gasteiger partial charge in [0.2, 0.25) is 0 Å². The van der Waals surface area contributed by atoms with Gasteiger partial charge in [-0.2, -0.15) is 0 Å². The summed E-state index contributed by atoms with van der Waals surface area (Å²) in [4.78, 5) is 14.8. The largest absolute Gasteiger partial charge is 0.335 e. The molecule has 1 aliphatic rings. The predicted molar refractivity (Wildman–Crippen MR) is 128 cm³/mol. The first kappa shape index (κ1) is 21.8. The number of rotatable bonds is 5. The van der Waals surface area contributed by atoms with Gasteiger partial charge in [0.25, 0.3) is 15.9 Å². The smallest absolute Gasteiger partial charge is 0.261 e. The van der Waals surface area contributed by atoms with E-state index in [1.165, 1.54) is 23.3 Å². The normalized spacial score (nSPS) is 14.1. The number of carbonyl (C=O) groups is 1. The van der Waals surface area contributed by atoms with Crippen LogP contribution in [0, 0.1) is 13.8 Å². The molecule has 0 spiro atoms. The number of amides is 1. The standard InChI is InChI=1S/C26H26N2O3S/c1-19-7-6-10-25(20(19)2)27-32(30,31)24-13-11-23(12-14-24)26(29)28-17-15-22(16-18-28)21-8-4-3-5-9-21/h3-15,27H,16-18H2,1-2H3. The predicted octanol–water partition coefficient (Wildman–Crippen LogP) is 5.03. The van der Waals surface area contributed by atoms with Gasteiger partial charge in [-0.1, -0.05) is 48.5 Å². The first-order valence-electron chi connectivity index (χ1n) is 10.6. The summed E-state index contributed by atoms with van der Waals surface area (Å²) in [7, 11) is -3.74. The molecule has 6 heteroatoms. The molecule has 0 atom stereocenters. The minimum absolute atomic E-state index is 0.0974. The quantitative estimate of drug-likeness (QED) is 0.598. The van der Waals surface area contributed by atoms with Gasteiger partial charge in [0.1, 0.15) is 0 Å². The summed E-state index contributed by atoms with van der Waals surface area (Å²) in [5.74, 6) is -0.0974. The van der Waals surface area contributed by atoms with Crippen molar-refractivity contribution in [3.8, 4) is 0 Å². The van der Waals surface area contributed by atoms with E-state index in [4.69, 9.17) is 0 Å². The van der Waals surface area contributed by atoms with Crippen molar-refractivity contribution < 1.29 is 13.2 Å². The van der Waals surface area contributed by atoms with Crippen LogP contribution in [0.15, 0.2) is 83.8 Å². The summed E-state index contributed by atoms with van der Waals surface area (Å²) in [5, 5.41) is 0. The minimum Gasteiger partial charge on any atom is -0.335 e. The molecular formula is C26H26N2O3S. The molecule has 1 aliphatic heterocycles. The number of nitrogens with zero attached hydrogens (tertiary/aromatic N) is 1. The number of benzene rings is 3. The van der Waals surface area contributed by atoms with Crippen LogP contribution >= 0.6 is 0 Å². The van der Waals surface area contributed by atoms with Crippen molar-refractivity contribution in [2.75, 3.05) is 17.8 Å². The van der Waals surface area contributed by atoms with Gasteiger partial charge >= 0.3 is 0 Å². The van der Waals surface area contributed by atoms with Crippen LogP contribution in [0.2, 0.25) is 0 Å². The Kier molecular flexibility index (Phi) is 6.15. The second-order valence-corrected chi connectivity index (χ2v) is 9.66. The molecule has 1 amide bonds. The van der Waals surface area contributed by atoms with Gasteiger partial charge in [-0.15, -0.1) is 0 Å². The third-order valence-electron chi connectivity index (χ3n) is 5.90. The van der Waals surface area contributed by atoms with E-state index in [1.807, 2.05) is 44.2 Å². The molecule has 0 aromatic heterocycles. The maximum atomic E-state index is 12.9. The molecule has 0 bridgehead atoms. The lowest BCUT2D eigenvalue weighted by Crippen LogP contribution is -2.34. The average molecular weight is 447 g/mol. The summed E-state index contributed by atoms with van der Waals surface area (Å²) >= 11 is 0. The molecule has 3 aromatic rings. The lowest BCUT2D eigenvalue weighted by molar-refractivity contribution is 0.0773. The zero-order valence-electron chi connectivity index (χ0n) is 18.2. The van der Waals surface area contributed by atoms with Crippen molar-refractivity contribution in [3.05, 3.63) is 101 Å². The van der Waals surface area contributed by atoms with Crippen LogP contribution in [0.4, 0.5) is 5.69 Å². The van der Waals surface area contributed by atoms with Crippen LogP contribution in [0.1, 0.15) is 33.5 Å². The van der Waals surface area contributed by atoms with Gasteiger partial charge < -0.3 is 4.90 Å². The lowest BCUT2D eigenvalue weighted by Gasteiger charge is -2.27. The minimum atomic E-state index is -3.74. The van der Waals surface area contributed by atoms with Crippen LogP contribution in [0.5, 0.6) is 0 Å². The summed E-state index contributed by atoms with van der Waals surface area (Å²) < 4.78 is 28.3. The number of sulfonamides is 1. The summed E-state index contributed by atoms with van der Waals surface area (Å²) in [6, 6.07) is 21.8. The molecule has 0 fully saturated rings. The van der Waals surface area contributed by atoms with Gasteiger partial charge in [0.05, 0.1) is 10.6 Å². The molecule has 32 heavy (non-hydrogen) atoms. The Labute approximate surface area is 189 Å². The van der Waals surface area contributed by atoms with Crippen molar-refractivity contribution in [2.45, 2.75) is 25.2 Å². The Balaban J connectivity index is 1.46. The average Bonchev–Trinajstić information content (AvgIpc) is 2.82. The van der Waals surface area contributed by atoms with E-state index in [1.54, 1.807) is 23.1 Å². The Morgan fingerprint density at radius 2 is 1.62 bits per heavy atom. The zero-order chi connectivity index (χ0) is 22.7. The molecule has 0 saturated heterocycles. The highest BCUT2D eigenvalue weighted by Crippen LogP contribution is 2.24. The fourth-order valence-corrected chi connectivity index (χ4v) is 4.92. The van der Waals surface area contributed by atoms with Crippen LogP contribution in [-0.2, 0) is 10.0 Å². The summed E-state index contributed by atoms with van der Waals surface area (Å²) in [5.41, 5.74) is 5.36. The SMILES string of the molecule is Cc1cccc(NS(=O)(=O)c2ccc(C(=O)N3CC=C(c4ccccc4)CC3)cc2)c1C. The molecule has 5 nitrogen and oxygen atoms in total. The van der Waals surface area contributed by atoms with Crippen molar-refractivity contribution in [1.29, 1.82) is 0 Å². The van der Waals surface area contributed by atoms with Crippen molar-refractivity contribution in [3.63, 3.8) is 0 Å². The van der Waals surface area contributed by atoms with Crippen molar-refractivity contribution >= 4 is 27.2 Å². The van der Waals surface area contributed by atoms with E-state index in [2.05, 4.69) is 22.9 Å². The number of hydrogen-bond donors (Lipinski definition) is 1. The van der Waals surface area contributed by atoms with Crippen molar-refractivity contribution in [1.82, 2.24) is 4.90 Å². The monoisotopic (exact) mass is 446 g/mol. The van der Waals surface area contributed by atoms with Gasteiger partial charge in [-0.3, -0.25) is 9.52 Å². The third-order valence-corrected chi connectivity index (χ3v) is 7.28. The maximum absolute atomic E-state index is 12.9. The molecule has 0 radical (unpaired) electrons. The number of carbonyl (C=O) groups excluding carboxylic acids is 1. The Hall–Kier alpha value is -3.38. The fourth-order valence-electron chi connectivity index (χ4n) is 3.79. The number of anilines is 1. The Morgan fingerprint density at radius 3 is 2.28 bits per heavy atom. The van der Waals surface area contributed by atoms with E-state index in [-0.39, 0.29) is 10.8 Å². The number of aryl methyl sites for hydroxylation is 1.